The van der Waals surface area contributed by atoms with Crippen molar-refractivity contribution in [2.75, 3.05) is 18.6 Å². The normalized spacial score (nSPS) is 21.5. The number of nitrogens with zero attached hydrogens (tertiary/aromatic N) is 1. The van der Waals surface area contributed by atoms with Gasteiger partial charge in [0.1, 0.15) is 5.75 Å². The van der Waals surface area contributed by atoms with Gasteiger partial charge >= 0.3 is 6.03 Å². The van der Waals surface area contributed by atoms with Gasteiger partial charge in [-0.25, -0.2) is 4.79 Å². The van der Waals surface area contributed by atoms with Crippen molar-refractivity contribution in [3.05, 3.63) is 24.3 Å². The standard InChI is InChI=1S/C15H20N2O2/c1-19-13-7-5-12(6-8-13)17-11-15(16-14(17)18)9-3-2-4-10-15/h5-8H,2-4,9-11H2,1H3,(H,16,18). The average molecular weight is 260 g/mol. The highest BCUT2D eigenvalue weighted by atomic mass is 16.5. The Morgan fingerprint density at radius 1 is 1.16 bits per heavy atom. The monoisotopic (exact) mass is 260 g/mol. The molecule has 4 heteroatoms. The van der Waals surface area contributed by atoms with Crippen LogP contribution in [0.1, 0.15) is 32.1 Å². The van der Waals surface area contributed by atoms with Gasteiger partial charge in [-0.05, 0) is 37.1 Å². The Labute approximate surface area is 113 Å². The van der Waals surface area contributed by atoms with Gasteiger partial charge in [0, 0.05) is 5.69 Å². The Morgan fingerprint density at radius 2 is 1.84 bits per heavy atom. The van der Waals surface area contributed by atoms with Crippen LogP contribution in [0.15, 0.2) is 24.3 Å². The molecule has 1 spiro atoms. The SMILES string of the molecule is COc1ccc(N2CC3(CCCCC3)NC2=O)cc1. The van der Waals surface area contributed by atoms with Crippen LogP contribution in [0, 0.1) is 0 Å². The molecule has 1 saturated carbocycles. The third-order valence-electron chi connectivity index (χ3n) is 4.27. The van der Waals surface area contributed by atoms with Gasteiger partial charge in [-0.1, -0.05) is 19.3 Å². The van der Waals surface area contributed by atoms with Gasteiger partial charge in [0.25, 0.3) is 0 Å². The molecular weight excluding hydrogens is 240 g/mol. The molecule has 0 radical (unpaired) electrons. The van der Waals surface area contributed by atoms with Crippen molar-refractivity contribution in [2.45, 2.75) is 37.6 Å². The molecule has 3 rings (SSSR count). The first-order chi connectivity index (χ1) is 9.22. The number of hydrogen-bond acceptors (Lipinski definition) is 2. The molecule has 1 aliphatic heterocycles. The van der Waals surface area contributed by atoms with E-state index in [1.54, 1.807) is 7.11 Å². The molecule has 0 atom stereocenters. The summed E-state index contributed by atoms with van der Waals surface area (Å²) in [6.07, 6.45) is 5.93. The predicted molar refractivity (Wildman–Crippen MR) is 74.7 cm³/mol. The van der Waals surface area contributed by atoms with Crippen molar-refractivity contribution in [2.24, 2.45) is 0 Å². The Hall–Kier alpha value is -1.71. The average Bonchev–Trinajstić information content (AvgIpc) is 2.76. The second-order valence-corrected chi connectivity index (χ2v) is 5.56. The fourth-order valence-electron chi connectivity index (χ4n) is 3.19. The first-order valence-corrected chi connectivity index (χ1v) is 6.96. The Bertz CT molecular complexity index is 464. The molecule has 2 amide bonds. The zero-order valence-electron chi connectivity index (χ0n) is 11.3. The van der Waals surface area contributed by atoms with Gasteiger partial charge in [0.05, 0.1) is 19.2 Å². The van der Waals surface area contributed by atoms with Crippen molar-refractivity contribution in [1.82, 2.24) is 5.32 Å². The van der Waals surface area contributed by atoms with E-state index in [-0.39, 0.29) is 11.6 Å². The van der Waals surface area contributed by atoms with Gasteiger partial charge in [-0.15, -0.1) is 0 Å². The van der Waals surface area contributed by atoms with Crippen LogP contribution in [0.2, 0.25) is 0 Å². The molecule has 102 valence electrons. The summed E-state index contributed by atoms with van der Waals surface area (Å²) in [5.74, 6) is 0.815. The van der Waals surface area contributed by atoms with E-state index in [4.69, 9.17) is 4.74 Å². The number of benzene rings is 1. The van der Waals surface area contributed by atoms with E-state index in [2.05, 4.69) is 5.32 Å². The van der Waals surface area contributed by atoms with E-state index in [1.165, 1.54) is 19.3 Å². The number of hydrogen-bond donors (Lipinski definition) is 1. The summed E-state index contributed by atoms with van der Waals surface area (Å²) in [6.45, 7) is 0.790. The van der Waals surface area contributed by atoms with E-state index in [9.17, 15) is 4.79 Å². The molecule has 0 unspecified atom stereocenters. The summed E-state index contributed by atoms with van der Waals surface area (Å²) in [4.78, 5) is 14.0. The van der Waals surface area contributed by atoms with Gasteiger partial charge < -0.3 is 10.1 Å². The highest BCUT2D eigenvalue weighted by Gasteiger charge is 2.43. The summed E-state index contributed by atoms with van der Waals surface area (Å²) in [5.41, 5.74) is 0.954. The molecular formula is C15H20N2O2. The minimum Gasteiger partial charge on any atom is -0.497 e. The van der Waals surface area contributed by atoms with Gasteiger partial charge in [0.2, 0.25) is 0 Å². The van der Waals surface area contributed by atoms with Crippen molar-refractivity contribution in [3.63, 3.8) is 0 Å². The molecule has 0 bridgehead atoms. The summed E-state index contributed by atoms with van der Waals surface area (Å²) >= 11 is 0. The second-order valence-electron chi connectivity index (χ2n) is 5.56. The lowest BCUT2D eigenvalue weighted by Crippen LogP contribution is -2.44. The quantitative estimate of drug-likeness (QED) is 0.888. The molecule has 1 N–H and O–H groups in total. The highest BCUT2D eigenvalue weighted by Crippen LogP contribution is 2.34. The number of methoxy groups -OCH3 is 1. The van der Waals surface area contributed by atoms with Crippen LogP contribution in [0.3, 0.4) is 0 Å². The topological polar surface area (TPSA) is 41.6 Å². The zero-order valence-corrected chi connectivity index (χ0v) is 11.3. The molecule has 1 heterocycles. The molecule has 1 aliphatic carbocycles. The molecule has 1 aromatic carbocycles. The third kappa shape index (κ3) is 2.27. The first-order valence-electron chi connectivity index (χ1n) is 6.96. The van der Waals surface area contributed by atoms with Gasteiger partial charge in [-0.2, -0.15) is 0 Å². The van der Waals surface area contributed by atoms with Crippen LogP contribution in [0.5, 0.6) is 5.75 Å². The van der Waals surface area contributed by atoms with Crippen LogP contribution >= 0.6 is 0 Å². The summed E-state index contributed by atoms with van der Waals surface area (Å²) in [7, 11) is 1.65. The number of ether oxygens (including phenoxy) is 1. The Morgan fingerprint density at radius 3 is 2.47 bits per heavy atom. The molecule has 0 aromatic heterocycles. The molecule has 2 fully saturated rings. The van der Waals surface area contributed by atoms with Crippen LogP contribution in [-0.4, -0.2) is 25.2 Å². The van der Waals surface area contributed by atoms with Gasteiger partial charge in [-0.3, -0.25) is 4.90 Å². The number of carbonyl (C=O) groups is 1. The maximum Gasteiger partial charge on any atom is 0.322 e. The fourth-order valence-corrected chi connectivity index (χ4v) is 3.19. The molecule has 1 saturated heterocycles. The number of carbonyl (C=O) groups excluding carboxylic acids is 1. The largest absolute Gasteiger partial charge is 0.497 e. The fraction of sp³-hybridized carbons (Fsp3) is 0.533. The highest BCUT2D eigenvalue weighted by molar-refractivity contribution is 5.95. The zero-order chi connectivity index (χ0) is 13.3. The number of rotatable bonds is 2. The minimum absolute atomic E-state index is 0.00919. The van der Waals surface area contributed by atoms with Crippen LogP contribution in [0.4, 0.5) is 10.5 Å². The van der Waals surface area contributed by atoms with E-state index >= 15 is 0 Å². The van der Waals surface area contributed by atoms with Crippen molar-refractivity contribution >= 4 is 11.7 Å². The number of nitrogens with one attached hydrogen (secondary N) is 1. The van der Waals surface area contributed by atoms with E-state index in [0.717, 1.165) is 30.8 Å². The summed E-state index contributed by atoms with van der Waals surface area (Å²) in [6, 6.07) is 7.72. The number of anilines is 1. The molecule has 19 heavy (non-hydrogen) atoms. The third-order valence-corrected chi connectivity index (χ3v) is 4.27. The predicted octanol–water partition coefficient (Wildman–Crippen LogP) is 2.93. The van der Waals surface area contributed by atoms with Crippen molar-refractivity contribution < 1.29 is 9.53 Å². The first kappa shape index (κ1) is 12.3. The van der Waals surface area contributed by atoms with E-state index < -0.39 is 0 Å². The number of urea groups is 1. The van der Waals surface area contributed by atoms with Crippen LogP contribution in [-0.2, 0) is 0 Å². The molecule has 1 aromatic rings. The Balaban J connectivity index is 1.79. The summed E-state index contributed by atoms with van der Waals surface area (Å²) < 4.78 is 5.15. The molecule has 4 nitrogen and oxygen atoms in total. The lowest BCUT2D eigenvalue weighted by molar-refractivity contribution is 0.237. The maximum atomic E-state index is 12.2. The summed E-state index contributed by atoms with van der Waals surface area (Å²) in [5, 5.41) is 3.20. The lowest BCUT2D eigenvalue weighted by Gasteiger charge is -2.32. The van der Waals surface area contributed by atoms with Crippen LogP contribution < -0.4 is 15.0 Å². The van der Waals surface area contributed by atoms with E-state index in [1.807, 2.05) is 29.2 Å². The van der Waals surface area contributed by atoms with Crippen LogP contribution in [0.25, 0.3) is 0 Å². The van der Waals surface area contributed by atoms with Gasteiger partial charge in [0.15, 0.2) is 0 Å². The smallest absolute Gasteiger partial charge is 0.322 e. The minimum atomic E-state index is 0.00919. The number of amides is 2. The Kier molecular flexibility index (Phi) is 3.09. The molecule has 2 aliphatic rings. The van der Waals surface area contributed by atoms with E-state index in [0.29, 0.717) is 0 Å². The van der Waals surface area contributed by atoms with Crippen molar-refractivity contribution in [1.29, 1.82) is 0 Å². The maximum absolute atomic E-state index is 12.2. The lowest BCUT2D eigenvalue weighted by atomic mass is 9.82. The van der Waals surface area contributed by atoms with Crippen molar-refractivity contribution in [3.8, 4) is 5.75 Å². The second kappa shape index (κ2) is 4.76.